The van der Waals surface area contributed by atoms with Crippen LogP contribution in [0.25, 0.3) is 0 Å². The second kappa shape index (κ2) is 4.71. The van der Waals surface area contributed by atoms with Gasteiger partial charge in [0.15, 0.2) is 0 Å². The molecule has 7 heteroatoms. The van der Waals surface area contributed by atoms with Gasteiger partial charge in [-0.15, -0.1) is 0 Å². The Morgan fingerprint density at radius 2 is 2.06 bits per heavy atom. The normalized spacial score (nSPS) is 10.9. The molecule has 0 aliphatic rings. The van der Waals surface area contributed by atoms with Crippen LogP contribution in [-0.4, -0.2) is 21.4 Å². The van der Waals surface area contributed by atoms with Crippen molar-refractivity contribution in [2.24, 2.45) is 0 Å². The van der Waals surface area contributed by atoms with E-state index in [0.717, 1.165) is 0 Å². The maximum atomic E-state index is 11.1. The topological polar surface area (TPSA) is 72.5 Å². The van der Waals surface area contributed by atoms with Crippen LogP contribution >= 0.6 is 10.7 Å². The third-order valence-corrected chi connectivity index (χ3v) is 3.11. The van der Waals surface area contributed by atoms with E-state index in [4.69, 9.17) is 15.4 Å². The van der Waals surface area contributed by atoms with Crippen molar-refractivity contribution in [3.63, 3.8) is 0 Å². The van der Waals surface area contributed by atoms with E-state index >= 15 is 0 Å². The standard InChI is InChI=1S/C9H10ClNO4S/c1-6(12)11-7-3-4-9(16(10,13)14)8(5-7)15-2/h3-5H,1-2H3,(H,11,12). The van der Waals surface area contributed by atoms with E-state index in [2.05, 4.69) is 5.32 Å². The van der Waals surface area contributed by atoms with Crippen LogP contribution in [-0.2, 0) is 13.8 Å². The highest BCUT2D eigenvalue weighted by Gasteiger charge is 2.16. The summed E-state index contributed by atoms with van der Waals surface area (Å²) in [6.07, 6.45) is 0. The maximum Gasteiger partial charge on any atom is 0.264 e. The first-order valence-corrected chi connectivity index (χ1v) is 6.56. The maximum absolute atomic E-state index is 11.1. The summed E-state index contributed by atoms with van der Waals surface area (Å²) in [4.78, 5) is 10.7. The first kappa shape index (κ1) is 12.8. The average Bonchev–Trinajstić information content (AvgIpc) is 2.14. The van der Waals surface area contributed by atoms with Gasteiger partial charge in [-0.25, -0.2) is 8.42 Å². The van der Waals surface area contributed by atoms with E-state index in [1.54, 1.807) is 0 Å². The quantitative estimate of drug-likeness (QED) is 0.841. The zero-order valence-electron chi connectivity index (χ0n) is 8.65. The fraction of sp³-hybridized carbons (Fsp3) is 0.222. The number of amides is 1. The Labute approximate surface area is 97.8 Å². The van der Waals surface area contributed by atoms with E-state index in [0.29, 0.717) is 5.69 Å². The molecule has 0 fully saturated rings. The molecule has 16 heavy (non-hydrogen) atoms. The third kappa shape index (κ3) is 3.11. The van der Waals surface area contributed by atoms with Crippen molar-refractivity contribution in [1.29, 1.82) is 0 Å². The molecule has 0 spiro atoms. The summed E-state index contributed by atoms with van der Waals surface area (Å²) in [6, 6.07) is 4.09. The fourth-order valence-corrected chi connectivity index (χ4v) is 2.15. The molecule has 0 saturated heterocycles. The number of carbonyl (C=O) groups excluding carboxylic acids is 1. The predicted octanol–water partition coefficient (Wildman–Crippen LogP) is 1.58. The van der Waals surface area contributed by atoms with Gasteiger partial charge in [0.1, 0.15) is 10.6 Å². The van der Waals surface area contributed by atoms with Crippen molar-refractivity contribution in [3.8, 4) is 5.75 Å². The van der Waals surface area contributed by atoms with Gasteiger partial charge in [0.05, 0.1) is 7.11 Å². The summed E-state index contributed by atoms with van der Waals surface area (Å²) in [5.41, 5.74) is 0.438. The summed E-state index contributed by atoms with van der Waals surface area (Å²) in [5.74, 6) is -0.176. The molecule has 1 amide bonds. The molecule has 0 heterocycles. The van der Waals surface area contributed by atoms with E-state index in [1.807, 2.05) is 0 Å². The number of hydrogen-bond donors (Lipinski definition) is 1. The van der Waals surface area contributed by atoms with Crippen molar-refractivity contribution >= 4 is 31.3 Å². The van der Waals surface area contributed by atoms with Gasteiger partial charge in [0, 0.05) is 29.4 Å². The van der Waals surface area contributed by atoms with Gasteiger partial charge in [-0.3, -0.25) is 4.79 Å². The Morgan fingerprint density at radius 3 is 2.50 bits per heavy atom. The molecule has 1 aromatic rings. The molecule has 1 N–H and O–H groups in total. The van der Waals surface area contributed by atoms with Gasteiger partial charge >= 0.3 is 0 Å². The molecular weight excluding hydrogens is 254 g/mol. The second-order valence-corrected chi connectivity index (χ2v) is 5.52. The van der Waals surface area contributed by atoms with E-state index < -0.39 is 9.05 Å². The van der Waals surface area contributed by atoms with Crippen LogP contribution in [0.1, 0.15) is 6.92 Å². The summed E-state index contributed by atoms with van der Waals surface area (Å²) in [7, 11) is 2.67. The lowest BCUT2D eigenvalue weighted by Crippen LogP contribution is -2.06. The molecule has 1 aromatic carbocycles. The van der Waals surface area contributed by atoms with Crippen LogP contribution in [0.5, 0.6) is 5.75 Å². The highest BCUT2D eigenvalue weighted by Crippen LogP contribution is 2.29. The number of benzene rings is 1. The van der Waals surface area contributed by atoms with Crippen molar-refractivity contribution in [3.05, 3.63) is 18.2 Å². The molecule has 0 radical (unpaired) electrons. The molecule has 0 atom stereocenters. The van der Waals surface area contributed by atoms with Crippen molar-refractivity contribution in [2.75, 3.05) is 12.4 Å². The van der Waals surface area contributed by atoms with Gasteiger partial charge in [0.2, 0.25) is 5.91 Å². The van der Waals surface area contributed by atoms with Gasteiger partial charge in [-0.1, -0.05) is 0 Å². The number of hydrogen-bond acceptors (Lipinski definition) is 4. The second-order valence-electron chi connectivity index (χ2n) is 2.98. The average molecular weight is 264 g/mol. The molecule has 0 aliphatic heterocycles. The largest absolute Gasteiger partial charge is 0.495 e. The van der Waals surface area contributed by atoms with Crippen LogP contribution in [0.15, 0.2) is 23.1 Å². The predicted molar refractivity (Wildman–Crippen MR) is 60.3 cm³/mol. The molecular formula is C9H10ClNO4S. The smallest absolute Gasteiger partial charge is 0.264 e. The summed E-state index contributed by atoms with van der Waals surface area (Å²) in [5, 5.41) is 2.50. The molecule has 0 bridgehead atoms. The third-order valence-electron chi connectivity index (χ3n) is 1.75. The Kier molecular flexibility index (Phi) is 3.77. The van der Waals surface area contributed by atoms with Gasteiger partial charge in [0.25, 0.3) is 9.05 Å². The Morgan fingerprint density at radius 1 is 1.44 bits per heavy atom. The number of carbonyl (C=O) groups is 1. The summed E-state index contributed by atoms with van der Waals surface area (Å²) >= 11 is 0. The van der Waals surface area contributed by atoms with Crippen molar-refractivity contribution < 1.29 is 17.9 Å². The van der Waals surface area contributed by atoms with E-state index in [9.17, 15) is 13.2 Å². The number of nitrogens with one attached hydrogen (secondary N) is 1. The van der Waals surface area contributed by atoms with Crippen LogP contribution in [0.2, 0.25) is 0 Å². The van der Waals surface area contributed by atoms with Crippen LogP contribution in [0.4, 0.5) is 5.69 Å². The first-order valence-electron chi connectivity index (χ1n) is 4.25. The number of methoxy groups -OCH3 is 1. The molecule has 88 valence electrons. The number of anilines is 1. The monoisotopic (exact) mass is 263 g/mol. The van der Waals surface area contributed by atoms with Crippen LogP contribution in [0, 0.1) is 0 Å². The molecule has 0 unspecified atom stereocenters. The minimum Gasteiger partial charge on any atom is -0.495 e. The number of ether oxygens (including phenoxy) is 1. The number of halogens is 1. The Bertz CT molecular complexity index is 512. The summed E-state index contributed by atoms with van der Waals surface area (Å²) in [6.45, 7) is 1.35. The zero-order valence-corrected chi connectivity index (χ0v) is 10.2. The van der Waals surface area contributed by atoms with Crippen molar-refractivity contribution in [1.82, 2.24) is 0 Å². The van der Waals surface area contributed by atoms with Gasteiger partial charge in [-0.05, 0) is 12.1 Å². The van der Waals surface area contributed by atoms with Crippen molar-refractivity contribution in [2.45, 2.75) is 11.8 Å². The minimum absolute atomic E-state index is 0.0845. The lowest BCUT2D eigenvalue weighted by Gasteiger charge is -2.08. The Balaban J connectivity index is 3.22. The van der Waals surface area contributed by atoms with Crippen LogP contribution < -0.4 is 10.1 Å². The molecule has 0 aromatic heterocycles. The lowest BCUT2D eigenvalue weighted by atomic mass is 10.3. The number of rotatable bonds is 3. The fourth-order valence-electron chi connectivity index (χ4n) is 1.15. The highest BCUT2D eigenvalue weighted by molar-refractivity contribution is 8.13. The summed E-state index contributed by atoms with van der Waals surface area (Å²) < 4.78 is 27.2. The minimum atomic E-state index is -3.86. The molecule has 0 aliphatic carbocycles. The highest BCUT2D eigenvalue weighted by atomic mass is 35.7. The van der Waals surface area contributed by atoms with Gasteiger partial charge < -0.3 is 10.1 Å². The molecule has 1 rings (SSSR count). The molecule has 5 nitrogen and oxygen atoms in total. The first-order chi connectivity index (χ1) is 7.34. The Hall–Kier alpha value is -1.27. The lowest BCUT2D eigenvalue weighted by molar-refractivity contribution is -0.114. The van der Waals surface area contributed by atoms with Gasteiger partial charge in [-0.2, -0.15) is 0 Å². The van der Waals surface area contributed by atoms with Crippen LogP contribution in [0.3, 0.4) is 0 Å². The van der Waals surface area contributed by atoms with E-state index in [1.165, 1.54) is 32.2 Å². The van der Waals surface area contributed by atoms with E-state index in [-0.39, 0.29) is 16.6 Å². The zero-order chi connectivity index (χ0) is 12.3. The SMILES string of the molecule is COc1cc(NC(C)=O)ccc1S(=O)(=O)Cl. The molecule has 0 saturated carbocycles.